The molecular weight excluding hydrogens is 354 g/mol. The van der Waals surface area contributed by atoms with Gasteiger partial charge in [0.1, 0.15) is 5.75 Å². The summed E-state index contributed by atoms with van der Waals surface area (Å²) in [7, 11) is 3.50. The molecule has 1 heterocycles. The number of guanidine groups is 1. The van der Waals surface area contributed by atoms with Gasteiger partial charge in [0.2, 0.25) is 0 Å². The monoisotopic (exact) mass is 391 g/mol. The Kier molecular flexibility index (Phi) is 9.58. The van der Waals surface area contributed by atoms with E-state index in [1.807, 2.05) is 12.1 Å². The lowest BCUT2D eigenvalue weighted by atomic mass is 9.74. The van der Waals surface area contributed by atoms with Crippen LogP contribution >= 0.6 is 0 Å². The van der Waals surface area contributed by atoms with Crippen molar-refractivity contribution in [3.05, 3.63) is 29.8 Å². The van der Waals surface area contributed by atoms with Gasteiger partial charge in [0.15, 0.2) is 5.96 Å². The number of nitrogens with one attached hydrogen (secondary N) is 2. The van der Waals surface area contributed by atoms with Crippen molar-refractivity contribution in [1.82, 2.24) is 10.6 Å². The quantitative estimate of drug-likeness (QED) is 0.365. The van der Waals surface area contributed by atoms with Gasteiger partial charge in [-0.25, -0.2) is 0 Å². The molecular formula is C22H37N3O3. The molecule has 0 aliphatic carbocycles. The Morgan fingerprint density at radius 3 is 2.46 bits per heavy atom. The third-order valence-corrected chi connectivity index (χ3v) is 5.35. The number of aliphatic imine (C=N–C) groups is 1. The molecule has 2 N–H and O–H groups in total. The zero-order valence-corrected chi connectivity index (χ0v) is 17.9. The van der Waals surface area contributed by atoms with Gasteiger partial charge in [-0.3, -0.25) is 4.99 Å². The fourth-order valence-electron chi connectivity index (χ4n) is 3.41. The van der Waals surface area contributed by atoms with Crippen LogP contribution in [0.15, 0.2) is 29.3 Å². The Bertz CT molecular complexity index is 581. The normalized spacial score (nSPS) is 16.8. The minimum Gasteiger partial charge on any atom is -0.497 e. The first-order chi connectivity index (χ1) is 13.6. The topological polar surface area (TPSA) is 64.1 Å². The van der Waals surface area contributed by atoms with Crippen LogP contribution in [0.2, 0.25) is 0 Å². The Morgan fingerprint density at radius 1 is 1.14 bits per heavy atom. The van der Waals surface area contributed by atoms with Gasteiger partial charge in [0, 0.05) is 45.4 Å². The summed E-state index contributed by atoms with van der Waals surface area (Å²) in [6.07, 6.45) is 3.07. The molecule has 1 saturated heterocycles. The third-order valence-electron chi connectivity index (χ3n) is 5.35. The van der Waals surface area contributed by atoms with E-state index in [2.05, 4.69) is 41.6 Å². The number of benzene rings is 1. The Hall–Kier alpha value is -1.79. The van der Waals surface area contributed by atoms with Gasteiger partial charge in [-0.15, -0.1) is 0 Å². The largest absolute Gasteiger partial charge is 0.497 e. The van der Waals surface area contributed by atoms with Crippen molar-refractivity contribution >= 4 is 5.96 Å². The predicted molar refractivity (Wildman–Crippen MR) is 114 cm³/mol. The SMILES string of the molecule is CN=C(NCCOCCC(C)C)NCC1(c2ccc(OC)cc2)CCOCC1. The van der Waals surface area contributed by atoms with Gasteiger partial charge in [-0.1, -0.05) is 26.0 Å². The van der Waals surface area contributed by atoms with E-state index in [0.29, 0.717) is 12.5 Å². The highest BCUT2D eigenvalue weighted by atomic mass is 16.5. The van der Waals surface area contributed by atoms with Gasteiger partial charge >= 0.3 is 0 Å². The second-order valence-electron chi connectivity index (χ2n) is 7.77. The average Bonchev–Trinajstić information content (AvgIpc) is 2.73. The number of rotatable bonds is 10. The summed E-state index contributed by atoms with van der Waals surface area (Å²) in [6.45, 7) is 9.04. The molecule has 1 fully saturated rings. The van der Waals surface area contributed by atoms with Crippen LogP contribution in [0.1, 0.15) is 38.7 Å². The highest BCUT2D eigenvalue weighted by Gasteiger charge is 2.34. The van der Waals surface area contributed by atoms with Crippen molar-refractivity contribution in [2.75, 3.05) is 53.7 Å². The van der Waals surface area contributed by atoms with Gasteiger partial charge in [0.25, 0.3) is 0 Å². The van der Waals surface area contributed by atoms with Crippen LogP contribution in [0, 0.1) is 5.92 Å². The van der Waals surface area contributed by atoms with Crippen LogP contribution in [0.3, 0.4) is 0 Å². The first-order valence-electron chi connectivity index (χ1n) is 10.3. The molecule has 0 unspecified atom stereocenters. The minimum absolute atomic E-state index is 0.0376. The van der Waals surface area contributed by atoms with Crippen LogP contribution in [-0.4, -0.2) is 59.6 Å². The second kappa shape index (κ2) is 11.9. The van der Waals surface area contributed by atoms with E-state index in [1.54, 1.807) is 14.2 Å². The molecule has 0 saturated carbocycles. The molecule has 158 valence electrons. The number of hydrogen-bond donors (Lipinski definition) is 2. The lowest BCUT2D eigenvalue weighted by molar-refractivity contribution is 0.0513. The van der Waals surface area contributed by atoms with Gasteiger partial charge < -0.3 is 24.8 Å². The number of ether oxygens (including phenoxy) is 3. The van der Waals surface area contributed by atoms with E-state index in [9.17, 15) is 0 Å². The first kappa shape index (κ1) is 22.5. The van der Waals surface area contributed by atoms with Crippen molar-refractivity contribution in [3.63, 3.8) is 0 Å². The van der Waals surface area contributed by atoms with E-state index in [4.69, 9.17) is 14.2 Å². The van der Waals surface area contributed by atoms with Crippen LogP contribution in [0.25, 0.3) is 0 Å². The summed E-state index contributed by atoms with van der Waals surface area (Å²) in [6, 6.07) is 8.41. The Balaban J connectivity index is 1.87. The van der Waals surface area contributed by atoms with E-state index in [1.165, 1.54) is 5.56 Å². The molecule has 0 atom stereocenters. The number of nitrogens with zero attached hydrogens (tertiary/aromatic N) is 1. The predicted octanol–water partition coefficient (Wildman–Crippen LogP) is 2.97. The summed E-state index contributed by atoms with van der Waals surface area (Å²) in [5.74, 6) is 2.37. The maximum absolute atomic E-state index is 5.67. The fraction of sp³-hybridized carbons (Fsp3) is 0.682. The van der Waals surface area contributed by atoms with Crippen LogP contribution < -0.4 is 15.4 Å². The van der Waals surface area contributed by atoms with Gasteiger partial charge in [-0.05, 0) is 42.9 Å². The Labute approximate surface area is 170 Å². The van der Waals surface area contributed by atoms with E-state index < -0.39 is 0 Å². The zero-order valence-electron chi connectivity index (χ0n) is 17.9. The van der Waals surface area contributed by atoms with Crippen molar-refractivity contribution in [2.45, 2.75) is 38.5 Å². The highest BCUT2D eigenvalue weighted by Crippen LogP contribution is 2.35. The number of hydrogen-bond acceptors (Lipinski definition) is 4. The Morgan fingerprint density at radius 2 is 1.86 bits per heavy atom. The van der Waals surface area contributed by atoms with E-state index >= 15 is 0 Å². The smallest absolute Gasteiger partial charge is 0.191 e. The third kappa shape index (κ3) is 6.99. The lowest BCUT2D eigenvalue weighted by Crippen LogP contribution is -2.48. The van der Waals surface area contributed by atoms with Crippen LogP contribution in [0.5, 0.6) is 5.75 Å². The second-order valence-corrected chi connectivity index (χ2v) is 7.77. The average molecular weight is 392 g/mol. The van der Waals surface area contributed by atoms with Crippen molar-refractivity contribution in [1.29, 1.82) is 0 Å². The molecule has 2 rings (SSSR count). The molecule has 1 aliphatic rings. The maximum atomic E-state index is 5.67. The molecule has 0 bridgehead atoms. The fourth-order valence-corrected chi connectivity index (χ4v) is 3.41. The molecule has 0 radical (unpaired) electrons. The van der Waals surface area contributed by atoms with Crippen LogP contribution in [0.4, 0.5) is 0 Å². The summed E-state index contributed by atoms with van der Waals surface area (Å²) >= 11 is 0. The van der Waals surface area contributed by atoms with Gasteiger partial charge in [-0.2, -0.15) is 0 Å². The molecule has 0 aromatic heterocycles. The minimum atomic E-state index is 0.0376. The molecule has 28 heavy (non-hydrogen) atoms. The summed E-state index contributed by atoms with van der Waals surface area (Å²) in [4.78, 5) is 4.36. The maximum Gasteiger partial charge on any atom is 0.191 e. The molecule has 6 nitrogen and oxygen atoms in total. The van der Waals surface area contributed by atoms with Crippen molar-refractivity contribution in [3.8, 4) is 5.75 Å². The summed E-state index contributed by atoms with van der Waals surface area (Å²) < 4.78 is 16.6. The zero-order chi connectivity index (χ0) is 20.2. The molecule has 0 amide bonds. The summed E-state index contributed by atoms with van der Waals surface area (Å²) in [5, 5.41) is 6.86. The molecule has 1 aromatic carbocycles. The summed E-state index contributed by atoms with van der Waals surface area (Å²) in [5.41, 5.74) is 1.35. The molecule has 0 spiro atoms. The molecule has 1 aromatic rings. The number of methoxy groups -OCH3 is 1. The van der Waals surface area contributed by atoms with Gasteiger partial charge in [0.05, 0.1) is 13.7 Å². The van der Waals surface area contributed by atoms with E-state index in [0.717, 1.165) is 63.9 Å². The lowest BCUT2D eigenvalue weighted by Gasteiger charge is -2.38. The molecule has 1 aliphatic heterocycles. The van der Waals surface area contributed by atoms with Crippen molar-refractivity contribution in [2.24, 2.45) is 10.9 Å². The van der Waals surface area contributed by atoms with Crippen LogP contribution in [-0.2, 0) is 14.9 Å². The molecule has 6 heteroatoms. The van der Waals surface area contributed by atoms with Crippen molar-refractivity contribution < 1.29 is 14.2 Å². The first-order valence-corrected chi connectivity index (χ1v) is 10.3. The standard InChI is InChI=1S/C22H37N3O3/c1-18(2)9-13-27-16-12-24-21(23-3)25-17-22(10-14-28-15-11-22)19-5-7-20(26-4)8-6-19/h5-8,18H,9-17H2,1-4H3,(H2,23,24,25). The highest BCUT2D eigenvalue weighted by molar-refractivity contribution is 5.79. The van der Waals surface area contributed by atoms with E-state index in [-0.39, 0.29) is 5.41 Å².